The first kappa shape index (κ1) is 30.9. The largest absolute Gasteiger partial charge is 0.507 e. The fourth-order valence-corrected chi connectivity index (χ4v) is 4.65. The van der Waals surface area contributed by atoms with Crippen molar-refractivity contribution in [3.8, 4) is 17.2 Å². The van der Waals surface area contributed by atoms with Crippen LogP contribution in [0.25, 0.3) is 0 Å². The molecule has 40 heavy (non-hydrogen) atoms. The zero-order chi connectivity index (χ0) is 29.7. The summed E-state index contributed by atoms with van der Waals surface area (Å²) in [5.41, 5.74) is 5.86. The van der Waals surface area contributed by atoms with Crippen LogP contribution in [0.15, 0.2) is 64.2 Å². The monoisotopic (exact) mass is 608 g/mol. The Balaban J connectivity index is 1.68. The van der Waals surface area contributed by atoms with E-state index in [4.69, 9.17) is 9.47 Å². The number of carbonyl (C=O) groups excluding carboxylic acids is 2. The topological polar surface area (TPSA) is 97.2 Å². The van der Waals surface area contributed by atoms with Gasteiger partial charge in [-0.15, -0.1) is 0 Å². The number of ether oxygens (including phenoxy) is 2. The minimum absolute atomic E-state index is 0.233. The molecule has 1 amide bonds. The molecule has 0 spiro atoms. The molecule has 0 saturated heterocycles. The molecule has 0 radical (unpaired) electrons. The molecule has 0 unspecified atom stereocenters. The van der Waals surface area contributed by atoms with Crippen LogP contribution >= 0.6 is 15.9 Å². The van der Waals surface area contributed by atoms with Gasteiger partial charge >= 0.3 is 5.97 Å². The van der Waals surface area contributed by atoms with Crippen LogP contribution in [0, 0.1) is 0 Å². The zero-order valence-corrected chi connectivity index (χ0v) is 25.7. The van der Waals surface area contributed by atoms with Crippen molar-refractivity contribution in [1.82, 2.24) is 5.43 Å². The number of esters is 1. The van der Waals surface area contributed by atoms with Gasteiger partial charge in [0.05, 0.1) is 23.4 Å². The standard InChI is InChI=1S/C32H37BrN2O5/c1-31(2,3)23-15-20(16-24(28(23)37)32(4,5)6)13-14-27(36)35-34-19-21-17-25(33)29(26(18-21)39-7)40-30(38)22-11-9-8-10-12-22/h8-12,15-19,37H,13-14H2,1-7H3,(H,35,36)/b34-19-. The number of rotatable bonds is 8. The van der Waals surface area contributed by atoms with E-state index < -0.39 is 5.97 Å². The molecule has 3 aromatic rings. The molecule has 0 fully saturated rings. The van der Waals surface area contributed by atoms with Crippen molar-refractivity contribution in [2.45, 2.75) is 65.2 Å². The number of benzene rings is 3. The molecule has 0 atom stereocenters. The summed E-state index contributed by atoms with van der Waals surface area (Å²) in [6, 6.07) is 16.0. The molecule has 0 aliphatic rings. The van der Waals surface area contributed by atoms with E-state index in [0.29, 0.717) is 33.5 Å². The number of phenols is 1. The van der Waals surface area contributed by atoms with Crippen LogP contribution in [0.5, 0.6) is 17.2 Å². The number of nitrogens with zero attached hydrogens (tertiary/aromatic N) is 1. The summed E-state index contributed by atoms with van der Waals surface area (Å²) in [4.78, 5) is 25.1. The summed E-state index contributed by atoms with van der Waals surface area (Å²) in [6.07, 6.45) is 2.23. The highest BCUT2D eigenvalue weighted by Gasteiger charge is 2.26. The van der Waals surface area contributed by atoms with Gasteiger partial charge in [0.1, 0.15) is 5.75 Å². The molecule has 0 aliphatic carbocycles. The lowest BCUT2D eigenvalue weighted by Gasteiger charge is -2.28. The van der Waals surface area contributed by atoms with Gasteiger partial charge in [0, 0.05) is 6.42 Å². The van der Waals surface area contributed by atoms with Gasteiger partial charge in [-0.25, -0.2) is 10.2 Å². The fraction of sp³-hybridized carbons (Fsp3) is 0.344. The number of halogens is 1. The van der Waals surface area contributed by atoms with E-state index in [0.717, 1.165) is 16.7 Å². The molecule has 0 heterocycles. The van der Waals surface area contributed by atoms with Crippen LogP contribution in [0.3, 0.4) is 0 Å². The van der Waals surface area contributed by atoms with Gasteiger partial charge in [-0.1, -0.05) is 71.9 Å². The highest BCUT2D eigenvalue weighted by atomic mass is 79.9. The van der Waals surface area contributed by atoms with Crippen LogP contribution in [0.1, 0.15) is 80.6 Å². The minimum atomic E-state index is -0.508. The van der Waals surface area contributed by atoms with E-state index in [-0.39, 0.29) is 28.9 Å². The van der Waals surface area contributed by atoms with Crippen molar-refractivity contribution < 1.29 is 24.2 Å². The third kappa shape index (κ3) is 7.94. The Hall–Kier alpha value is -3.65. The van der Waals surface area contributed by atoms with E-state index in [1.54, 1.807) is 36.4 Å². The highest BCUT2D eigenvalue weighted by molar-refractivity contribution is 9.10. The molecule has 0 aromatic heterocycles. The summed E-state index contributed by atoms with van der Waals surface area (Å²) in [6.45, 7) is 12.4. The Bertz CT molecular complexity index is 1370. The summed E-state index contributed by atoms with van der Waals surface area (Å²) in [5, 5.41) is 15.0. The van der Waals surface area contributed by atoms with Crippen molar-refractivity contribution in [1.29, 1.82) is 0 Å². The van der Waals surface area contributed by atoms with E-state index >= 15 is 0 Å². The predicted octanol–water partition coefficient (Wildman–Crippen LogP) is 7.06. The maximum atomic E-state index is 12.6. The normalized spacial score (nSPS) is 11.9. The van der Waals surface area contributed by atoms with Gasteiger partial charge in [0.25, 0.3) is 0 Å². The minimum Gasteiger partial charge on any atom is -0.507 e. The summed E-state index contributed by atoms with van der Waals surface area (Å²) >= 11 is 3.43. The van der Waals surface area contributed by atoms with Gasteiger partial charge in [-0.2, -0.15) is 5.10 Å². The van der Waals surface area contributed by atoms with E-state index in [9.17, 15) is 14.7 Å². The Labute approximate surface area is 244 Å². The molecule has 212 valence electrons. The van der Waals surface area contributed by atoms with Crippen LogP contribution in [0.2, 0.25) is 0 Å². The smallest absolute Gasteiger partial charge is 0.343 e. The number of aromatic hydroxyl groups is 1. The molecule has 3 aromatic carbocycles. The predicted molar refractivity (Wildman–Crippen MR) is 162 cm³/mol. The molecule has 3 rings (SSSR count). The van der Waals surface area contributed by atoms with Gasteiger partial charge in [-0.05, 0) is 79.7 Å². The second kappa shape index (κ2) is 12.7. The number of carbonyl (C=O) groups is 2. The Morgan fingerprint density at radius 1 is 0.975 bits per heavy atom. The van der Waals surface area contributed by atoms with Crippen molar-refractivity contribution in [2.75, 3.05) is 7.11 Å². The number of phenolic OH excluding ortho intramolecular Hbond substituents is 1. The number of hydrogen-bond donors (Lipinski definition) is 2. The molecule has 0 saturated carbocycles. The van der Waals surface area contributed by atoms with Gasteiger partial charge < -0.3 is 14.6 Å². The molecular weight excluding hydrogens is 572 g/mol. The first-order valence-corrected chi connectivity index (χ1v) is 13.8. The van der Waals surface area contributed by atoms with Crippen molar-refractivity contribution in [3.05, 3.63) is 86.9 Å². The van der Waals surface area contributed by atoms with Gasteiger partial charge in [-0.3, -0.25) is 4.79 Å². The van der Waals surface area contributed by atoms with Crippen LogP contribution < -0.4 is 14.9 Å². The average molecular weight is 610 g/mol. The molecule has 2 N–H and O–H groups in total. The Morgan fingerprint density at radius 3 is 2.12 bits per heavy atom. The van der Waals surface area contributed by atoms with Crippen LogP contribution in [0.4, 0.5) is 0 Å². The Kier molecular flexibility index (Phi) is 9.79. The average Bonchev–Trinajstić information content (AvgIpc) is 2.88. The second-order valence-electron chi connectivity index (χ2n) is 11.6. The molecular formula is C32H37BrN2O5. The summed E-state index contributed by atoms with van der Waals surface area (Å²) < 4.78 is 11.5. The second-order valence-corrected chi connectivity index (χ2v) is 12.5. The van der Waals surface area contributed by atoms with E-state index in [2.05, 4.69) is 68.0 Å². The first-order chi connectivity index (χ1) is 18.7. The highest BCUT2D eigenvalue weighted by Crippen LogP contribution is 2.40. The maximum absolute atomic E-state index is 12.6. The third-order valence-electron chi connectivity index (χ3n) is 6.29. The van der Waals surface area contributed by atoms with E-state index in [1.807, 2.05) is 18.2 Å². The van der Waals surface area contributed by atoms with Crippen LogP contribution in [-0.2, 0) is 22.0 Å². The first-order valence-electron chi connectivity index (χ1n) is 13.0. The van der Waals surface area contributed by atoms with Crippen molar-refractivity contribution in [2.24, 2.45) is 5.10 Å². The lowest BCUT2D eigenvalue weighted by molar-refractivity contribution is -0.121. The molecule has 0 bridgehead atoms. The number of aryl methyl sites for hydroxylation is 1. The fourth-order valence-electron chi connectivity index (χ4n) is 4.11. The number of methoxy groups -OCH3 is 1. The summed E-state index contributed by atoms with van der Waals surface area (Å²) in [5.74, 6) is 0.156. The maximum Gasteiger partial charge on any atom is 0.343 e. The SMILES string of the molecule is COc1cc(/C=N\NC(=O)CCc2cc(C(C)(C)C)c(O)c(C(C)(C)C)c2)cc(Br)c1OC(=O)c1ccccc1. The third-order valence-corrected chi connectivity index (χ3v) is 6.87. The lowest BCUT2D eigenvalue weighted by atomic mass is 9.78. The van der Waals surface area contributed by atoms with E-state index in [1.165, 1.54) is 13.3 Å². The van der Waals surface area contributed by atoms with Gasteiger partial charge in [0.2, 0.25) is 5.91 Å². The number of nitrogens with one attached hydrogen (secondary N) is 1. The van der Waals surface area contributed by atoms with Crippen molar-refractivity contribution >= 4 is 34.0 Å². The lowest BCUT2D eigenvalue weighted by Crippen LogP contribution is -2.20. The molecule has 8 heteroatoms. The summed E-state index contributed by atoms with van der Waals surface area (Å²) in [7, 11) is 1.48. The zero-order valence-electron chi connectivity index (χ0n) is 24.1. The quantitative estimate of drug-likeness (QED) is 0.123. The van der Waals surface area contributed by atoms with Crippen molar-refractivity contribution in [3.63, 3.8) is 0 Å². The number of amides is 1. The molecule has 0 aliphatic heterocycles. The van der Waals surface area contributed by atoms with Gasteiger partial charge in [0.15, 0.2) is 11.5 Å². The number of hydrogen-bond acceptors (Lipinski definition) is 6. The Morgan fingerprint density at radius 2 is 1.57 bits per heavy atom. The number of hydrazone groups is 1. The molecule has 7 nitrogen and oxygen atoms in total. The van der Waals surface area contributed by atoms with Crippen LogP contribution in [-0.4, -0.2) is 30.3 Å².